The van der Waals surface area contributed by atoms with Gasteiger partial charge in [-0.25, -0.2) is 9.67 Å². The molecule has 132 valence electrons. The quantitative estimate of drug-likeness (QED) is 0.645. The number of pyridine rings is 1. The Balaban J connectivity index is 2.02. The third kappa shape index (κ3) is 3.56. The molecule has 3 aromatic rings. The zero-order valence-electron chi connectivity index (χ0n) is 14.7. The summed E-state index contributed by atoms with van der Waals surface area (Å²) < 4.78 is 7.28. The van der Waals surface area contributed by atoms with Crippen molar-refractivity contribution in [2.45, 2.75) is 26.8 Å². The Kier molecular flexibility index (Phi) is 5.14. The summed E-state index contributed by atoms with van der Waals surface area (Å²) in [5.41, 5.74) is 1.86. The standard InChI is InChI=1S/C18H23N5O2/c1-4-19-7-8-20-18(24)13-10-15(16-6-5-9-25-16)22-17-14(13)11-21-23(17)12(2)3/h5-6,9-12,19H,4,7-8H2,1-3H3,(H,20,24). The number of amides is 1. The number of likely N-dealkylation sites (N-methyl/N-ethyl adjacent to an activating group) is 1. The fraction of sp³-hybridized carbons (Fsp3) is 0.389. The predicted molar refractivity (Wildman–Crippen MR) is 96.5 cm³/mol. The van der Waals surface area contributed by atoms with Crippen molar-refractivity contribution in [1.29, 1.82) is 0 Å². The lowest BCUT2D eigenvalue weighted by atomic mass is 10.1. The SMILES string of the molecule is CCNCCNC(=O)c1cc(-c2ccco2)nc2c1cnn2C(C)C. The summed E-state index contributed by atoms with van der Waals surface area (Å²) >= 11 is 0. The Morgan fingerprint density at radius 3 is 2.88 bits per heavy atom. The van der Waals surface area contributed by atoms with Gasteiger partial charge in [0.15, 0.2) is 11.4 Å². The van der Waals surface area contributed by atoms with Gasteiger partial charge >= 0.3 is 0 Å². The van der Waals surface area contributed by atoms with Gasteiger partial charge in [-0.2, -0.15) is 5.10 Å². The van der Waals surface area contributed by atoms with Crippen LogP contribution in [-0.2, 0) is 0 Å². The normalized spacial score (nSPS) is 11.4. The molecule has 0 atom stereocenters. The Morgan fingerprint density at radius 2 is 2.20 bits per heavy atom. The smallest absolute Gasteiger partial charge is 0.252 e. The molecule has 0 saturated heterocycles. The number of nitrogens with one attached hydrogen (secondary N) is 2. The molecule has 0 fully saturated rings. The fourth-order valence-electron chi connectivity index (χ4n) is 2.67. The highest BCUT2D eigenvalue weighted by Crippen LogP contribution is 2.26. The number of fused-ring (bicyclic) bond motifs is 1. The van der Waals surface area contributed by atoms with Gasteiger partial charge in [-0.3, -0.25) is 4.79 Å². The highest BCUT2D eigenvalue weighted by molar-refractivity contribution is 6.06. The van der Waals surface area contributed by atoms with Crippen LogP contribution in [0.25, 0.3) is 22.5 Å². The van der Waals surface area contributed by atoms with Gasteiger partial charge in [0, 0.05) is 19.1 Å². The summed E-state index contributed by atoms with van der Waals surface area (Å²) in [6.45, 7) is 8.26. The fourth-order valence-corrected chi connectivity index (χ4v) is 2.67. The van der Waals surface area contributed by atoms with Gasteiger partial charge in [0.1, 0.15) is 5.69 Å². The highest BCUT2D eigenvalue weighted by Gasteiger charge is 2.19. The third-order valence-electron chi connectivity index (χ3n) is 3.91. The van der Waals surface area contributed by atoms with E-state index in [-0.39, 0.29) is 11.9 Å². The lowest BCUT2D eigenvalue weighted by Crippen LogP contribution is -2.31. The van der Waals surface area contributed by atoms with Crippen LogP contribution in [0.1, 0.15) is 37.2 Å². The molecule has 0 unspecified atom stereocenters. The molecule has 0 aliphatic heterocycles. The Labute approximate surface area is 146 Å². The summed E-state index contributed by atoms with van der Waals surface area (Å²) in [6, 6.07) is 5.53. The van der Waals surface area contributed by atoms with Crippen molar-refractivity contribution in [3.8, 4) is 11.5 Å². The predicted octanol–water partition coefficient (Wildman–Crippen LogP) is 2.61. The minimum Gasteiger partial charge on any atom is -0.463 e. The van der Waals surface area contributed by atoms with Crippen molar-refractivity contribution in [3.05, 3.63) is 36.2 Å². The maximum absolute atomic E-state index is 12.7. The molecule has 7 nitrogen and oxygen atoms in total. The number of rotatable bonds is 7. The van der Waals surface area contributed by atoms with Crippen LogP contribution in [0, 0.1) is 0 Å². The molecular weight excluding hydrogens is 318 g/mol. The second-order valence-corrected chi connectivity index (χ2v) is 6.06. The molecule has 0 spiro atoms. The van der Waals surface area contributed by atoms with Gasteiger partial charge in [-0.15, -0.1) is 0 Å². The first-order chi connectivity index (χ1) is 12.1. The minimum atomic E-state index is -0.138. The summed E-state index contributed by atoms with van der Waals surface area (Å²) in [4.78, 5) is 17.4. The van der Waals surface area contributed by atoms with Crippen molar-refractivity contribution in [3.63, 3.8) is 0 Å². The van der Waals surface area contributed by atoms with E-state index >= 15 is 0 Å². The molecular formula is C18H23N5O2. The van der Waals surface area contributed by atoms with Crippen molar-refractivity contribution in [1.82, 2.24) is 25.4 Å². The summed E-state index contributed by atoms with van der Waals surface area (Å²) in [5, 5.41) is 11.3. The van der Waals surface area contributed by atoms with Gasteiger partial charge in [0.05, 0.1) is 23.4 Å². The van der Waals surface area contributed by atoms with E-state index < -0.39 is 0 Å². The Hall–Kier alpha value is -2.67. The van der Waals surface area contributed by atoms with E-state index in [4.69, 9.17) is 4.42 Å². The van der Waals surface area contributed by atoms with E-state index in [1.807, 2.05) is 31.5 Å². The maximum Gasteiger partial charge on any atom is 0.252 e. The van der Waals surface area contributed by atoms with E-state index in [9.17, 15) is 4.79 Å². The molecule has 0 saturated carbocycles. The number of aromatic nitrogens is 3. The van der Waals surface area contributed by atoms with Crippen molar-refractivity contribution in [2.24, 2.45) is 0 Å². The molecule has 3 aromatic heterocycles. The maximum atomic E-state index is 12.7. The Bertz CT molecular complexity index is 852. The molecule has 2 N–H and O–H groups in total. The first kappa shape index (κ1) is 17.2. The monoisotopic (exact) mass is 341 g/mol. The van der Waals surface area contributed by atoms with Gasteiger partial charge in [0.25, 0.3) is 5.91 Å². The number of carbonyl (C=O) groups is 1. The average molecular weight is 341 g/mol. The number of carbonyl (C=O) groups excluding carboxylic acids is 1. The topological polar surface area (TPSA) is 85.0 Å². The number of nitrogens with zero attached hydrogens (tertiary/aromatic N) is 3. The van der Waals surface area contributed by atoms with E-state index in [1.54, 1.807) is 24.6 Å². The van der Waals surface area contributed by atoms with Gasteiger partial charge in [-0.05, 0) is 38.6 Å². The van der Waals surface area contributed by atoms with Crippen LogP contribution in [0.4, 0.5) is 0 Å². The summed E-state index contributed by atoms with van der Waals surface area (Å²) in [6.07, 6.45) is 3.30. The van der Waals surface area contributed by atoms with Crippen LogP contribution in [0.5, 0.6) is 0 Å². The van der Waals surface area contributed by atoms with Crippen molar-refractivity contribution >= 4 is 16.9 Å². The average Bonchev–Trinajstić information content (AvgIpc) is 3.26. The van der Waals surface area contributed by atoms with Crippen molar-refractivity contribution < 1.29 is 9.21 Å². The summed E-state index contributed by atoms with van der Waals surface area (Å²) in [5.74, 6) is 0.488. The second kappa shape index (κ2) is 7.48. The summed E-state index contributed by atoms with van der Waals surface area (Å²) in [7, 11) is 0. The number of furan rings is 1. The van der Waals surface area contributed by atoms with E-state index in [1.165, 1.54) is 0 Å². The molecule has 25 heavy (non-hydrogen) atoms. The van der Waals surface area contributed by atoms with Crippen LogP contribution in [0.2, 0.25) is 0 Å². The third-order valence-corrected chi connectivity index (χ3v) is 3.91. The first-order valence-electron chi connectivity index (χ1n) is 8.53. The van der Waals surface area contributed by atoms with Crippen LogP contribution in [-0.4, -0.2) is 40.3 Å². The second-order valence-electron chi connectivity index (χ2n) is 6.06. The molecule has 3 heterocycles. The lowest BCUT2D eigenvalue weighted by molar-refractivity contribution is 0.0955. The number of hydrogen-bond acceptors (Lipinski definition) is 5. The molecule has 1 amide bonds. The van der Waals surface area contributed by atoms with Gasteiger partial charge < -0.3 is 15.1 Å². The van der Waals surface area contributed by atoms with E-state index in [0.29, 0.717) is 29.2 Å². The molecule has 0 aromatic carbocycles. The first-order valence-corrected chi connectivity index (χ1v) is 8.53. The van der Waals surface area contributed by atoms with E-state index in [0.717, 1.165) is 18.5 Å². The molecule has 0 aliphatic carbocycles. The zero-order valence-corrected chi connectivity index (χ0v) is 14.7. The van der Waals surface area contributed by atoms with Crippen LogP contribution < -0.4 is 10.6 Å². The molecule has 0 radical (unpaired) electrons. The largest absolute Gasteiger partial charge is 0.463 e. The van der Waals surface area contributed by atoms with Gasteiger partial charge in [-0.1, -0.05) is 6.92 Å². The minimum absolute atomic E-state index is 0.138. The van der Waals surface area contributed by atoms with E-state index in [2.05, 4.69) is 20.7 Å². The molecule has 7 heteroatoms. The number of hydrogen-bond donors (Lipinski definition) is 2. The van der Waals surface area contributed by atoms with Crippen molar-refractivity contribution in [2.75, 3.05) is 19.6 Å². The van der Waals surface area contributed by atoms with Crippen LogP contribution >= 0.6 is 0 Å². The Morgan fingerprint density at radius 1 is 1.36 bits per heavy atom. The lowest BCUT2D eigenvalue weighted by Gasteiger charge is -2.10. The van der Waals surface area contributed by atoms with Gasteiger partial charge in [0.2, 0.25) is 0 Å². The highest BCUT2D eigenvalue weighted by atomic mass is 16.3. The van der Waals surface area contributed by atoms with Crippen LogP contribution in [0.3, 0.4) is 0 Å². The molecule has 3 rings (SSSR count). The van der Waals surface area contributed by atoms with Crippen LogP contribution in [0.15, 0.2) is 35.1 Å². The molecule has 0 aliphatic rings. The molecule has 0 bridgehead atoms. The zero-order chi connectivity index (χ0) is 17.8.